The normalized spacial score (nSPS) is 15.7. The number of carbonyl (C=O) groups excluding carboxylic acids is 2. The molecule has 0 aromatic carbocycles. The van der Waals surface area contributed by atoms with Crippen molar-refractivity contribution in [1.29, 1.82) is 0 Å². The van der Waals surface area contributed by atoms with Gasteiger partial charge >= 0.3 is 0 Å². The first kappa shape index (κ1) is 22.7. The summed E-state index contributed by atoms with van der Waals surface area (Å²) in [4.78, 5) is 27.6. The number of halogens is 2. The summed E-state index contributed by atoms with van der Waals surface area (Å²) >= 11 is 0. The van der Waals surface area contributed by atoms with Crippen molar-refractivity contribution < 1.29 is 9.59 Å². The third-order valence-electron chi connectivity index (χ3n) is 3.49. The van der Waals surface area contributed by atoms with Gasteiger partial charge in [0.05, 0.1) is 12.0 Å². The molecule has 0 aliphatic carbocycles. The second kappa shape index (κ2) is 10.2. The largest absolute Gasteiger partial charge is 0.355 e. The quantitative estimate of drug-likeness (QED) is 0.742. The van der Waals surface area contributed by atoms with Gasteiger partial charge in [0, 0.05) is 39.3 Å². The standard InChI is InChI=1S/C13H26N4O2.2ClH/c1-4-15-11(18)9-16-5-7-17(8-6-16)12(19)13(2,3)10-14;;/h4-10,14H2,1-3H3,(H,15,18);2*1H. The van der Waals surface area contributed by atoms with E-state index in [0.29, 0.717) is 32.7 Å². The monoisotopic (exact) mass is 342 g/mol. The number of rotatable bonds is 5. The molecule has 1 saturated heterocycles. The van der Waals surface area contributed by atoms with Gasteiger partial charge in [-0.3, -0.25) is 14.5 Å². The molecule has 2 amide bonds. The topological polar surface area (TPSA) is 78.7 Å². The molecule has 0 radical (unpaired) electrons. The molecule has 6 nitrogen and oxygen atoms in total. The van der Waals surface area contributed by atoms with Gasteiger partial charge < -0.3 is 16.0 Å². The molecular formula is C13H28Cl2N4O2. The Morgan fingerprint density at radius 3 is 2.10 bits per heavy atom. The SMILES string of the molecule is CCNC(=O)CN1CCN(C(=O)C(C)(C)CN)CC1.Cl.Cl. The molecule has 1 aliphatic rings. The van der Waals surface area contributed by atoms with Gasteiger partial charge in [-0.05, 0) is 20.8 Å². The molecule has 8 heteroatoms. The first-order valence-electron chi connectivity index (χ1n) is 6.89. The Labute approximate surface area is 139 Å². The fraction of sp³-hybridized carbons (Fsp3) is 0.846. The Morgan fingerprint density at radius 2 is 1.67 bits per heavy atom. The highest BCUT2D eigenvalue weighted by molar-refractivity contribution is 5.85. The summed E-state index contributed by atoms with van der Waals surface area (Å²) in [5.74, 6) is 0.150. The van der Waals surface area contributed by atoms with Crippen LogP contribution in [0.15, 0.2) is 0 Å². The number of carbonyl (C=O) groups is 2. The first-order chi connectivity index (χ1) is 8.90. The van der Waals surface area contributed by atoms with Crippen LogP contribution in [0.4, 0.5) is 0 Å². The van der Waals surface area contributed by atoms with Crippen molar-refractivity contribution in [3.05, 3.63) is 0 Å². The van der Waals surface area contributed by atoms with Crippen LogP contribution in [0.3, 0.4) is 0 Å². The molecule has 126 valence electrons. The lowest BCUT2D eigenvalue weighted by Gasteiger charge is -2.38. The molecule has 1 rings (SSSR count). The fourth-order valence-corrected chi connectivity index (χ4v) is 2.08. The highest BCUT2D eigenvalue weighted by atomic mass is 35.5. The third kappa shape index (κ3) is 6.82. The average Bonchev–Trinajstić information content (AvgIpc) is 2.39. The Morgan fingerprint density at radius 1 is 1.14 bits per heavy atom. The lowest BCUT2D eigenvalue weighted by atomic mass is 9.91. The van der Waals surface area contributed by atoms with Crippen molar-refractivity contribution in [2.75, 3.05) is 45.8 Å². The van der Waals surface area contributed by atoms with Crippen molar-refractivity contribution in [3.63, 3.8) is 0 Å². The smallest absolute Gasteiger partial charge is 0.234 e. The van der Waals surface area contributed by atoms with E-state index in [0.717, 1.165) is 13.1 Å². The van der Waals surface area contributed by atoms with Crippen LogP contribution in [0.25, 0.3) is 0 Å². The molecule has 0 atom stereocenters. The van der Waals surface area contributed by atoms with E-state index in [1.165, 1.54) is 0 Å². The van der Waals surface area contributed by atoms with Gasteiger partial charge in [-0.1, -0.05) is 0 Å². The number of hydrogen-bond donors (Lipinski definition) is 2. The second-order valence-corrected chi connectivity index (χ2v) is 5.61. The Bertz CT molecular complexity index is 332. The minimum atomic E-state index is -0.498. The maximum absolute atomic E-state index is 12.2. The summed E-state index contributed by atoms with van der Waals surface area (Å²) in [6, 6.07) is 0. The van der Waals surface area contributed by atoms with Crippen LogP contribution >= 0.6 is 24.8 Å². The highest BCUT2D eigenvalue weighted by Crippen LogP contribution is 2.18. The van der Waals surface area contributed by atoms with Gasteiger partial charge in [0.15, 0.2) is 0 Å². The molecule has 0 saturated carbocycles. The van der Waals surface area contributed by atoms with Gasteiger partial charge in [-0.15, -0.1) is 24.8 Å². The van der Waals surface area contributed by atoms with E-state index < -0.39 is 5.41 Å². The van der Waals surface area contributed by atoms with Crippen LogP contribution in [-0.4, -0.2) is 67.4 Å². The first-order valence-corrected chi connectivity index (χ1v) is 6.89. The minimum Gasteiger partial charge on any atom is -0.355 e. The molecule has 0 aromatic heterocycles. The van der Waals surface area contributed by atoms with Crippen LogP contribution in [0.2, 0.25) is 0 Å². The van der Waals surface area contributed by atoms with Crippen LogP contribution in [0.5, 0.6) is 0 Å². The number of likely N-dealkylation sites (N-methyl/N-ethyl adjacent to an activating group) is 1. The summed E-state index contributed by atoms with van der Waals surface area (Å²) < 4.78 is 0. The Hall–Kier alpha value is -0.560. The maximum Gasteiger partial charge on any atom is 0.234 e. The van der Waals surface area contributed by atoms with E-state index in [1.54, 1.807) is 0 Å². The molecular weight excluding hydrogens is 315 g/mol. The number of nitrogens with two attached hydrogens (primary N) is 1. The zero-order valence-corrected chi connectivity index (χ0v) is 14.7. The average molecular weight is 343 g/mol. The van der Waals surface area contributed by atoms with E-state index >= 15 is 0 Å². The molecule has 0 aromatic rings. The van der Waals surface area contributed by atoms with Crippen LogP contribution in [-0.2, 0) is 9.59 Å². The van der Waals surface area contributed by atoms with E-state index in [9.17, 15) is 9.59 Å². The number of nitrogens with one attached hydrogen (secondary N) is 1. The predicted octanol–water partition coefficient (Wildman–Crippen LogP) is 0.0952. The fourth-order valence-electron chi connectivity index (χ4n) is 2.08. The predicted molar refractivity (Wildman–Crippen MR) is 89.0 cm³/mol. The summed E-state index contributed by atoms with van der Waals surface area (Å²) in [5.41, 5.74) is 5.13. The zero-order valence-electron chi connectivity index (χ0n) is 13.1. The number of amides is 2. The Balaban J connectivity index is 0. The van der Waals surface area contributed by atoms with Gasteiger partial charge in [-0.25, -0.2) is 0 Å². The van der Waals surface area contributed by atoms with Crippen molar-refractivity contribution >= 4 is 36.6 Å². The Kier molecular flexibility index (Phi) is 11.0. The maximum atomic E-state index is 12.2. The molecule has 0 spiro atoms. The number of nitrogens with zero attached hydrogens (tertiary/aromatic N) is 2. The lowest BCUT2D eigenvalue weighted by Crippen LogP contribution is -2.54. The van der Waals surface area contributed by atoms with Crippen molar-refractivity contribution in [1.82, 2.24) is 15.1 Å². The van der Waals surface area contributed by atoms with Gasteiger partial charge in [0.2, 0.25) is 11.8 Å². The van der Waals surface area contributed by atoms with Gasteiger partial charge in [0.1, 0.15) is 0 Å². The zero-order chi connectivity index (χ0) is 14.5. The van der Waals surface area contributed by atoms with E-state index in [4.69, 9.17) is 5.73 Å². The van der Waals surface area contributed by atoms with Crippen LogP contribution < -0.4 is 11.1 Å². The molecule has 1 fully saturated rings. The summed E-state index contributed by atoms with van der Waals surface area (Å²) in [6.07, 6.45) is 0. The summed E-state index contributed by atoms with van der Waals surface area (Å²) in [5, 5.41) is 2.78. The number of hydrogen-bond acceptors (Lipinski definition) is 4. The van der Waals surface area contributed by atoms with Crippen molar-refractivity contribution in [3.8, 4) is 0 Å². The summed E-state index contributed by atoms with van der Waals surface area (Å²) in [6.45, 7) is 9.88. The van der Waals surface area contributed by atoms with Gasteiger partial charge in [-0.2, -0.15) is 0 Å². The van der Waals surface area contributed by atoms with Crippen LogP contribution in [0, 0.1) is 5.41 Å². The molecule has 1 aliphatic heterocycles. The number of piperazine rings is 1. The third-order valence-corrected chi connectivity index (χ3v) is 3.49. The van der Waals surface area contributed by atoms with Gasteiger partial charge in [0.25, 0.3) is 0 Å². The summed E-state index contributed by atoms with van der Waals surface area (Å²) in [7, 11) is 0. The second-order valence-electron chi connectivity index (χ2n) is 5.61. The highest BCUT2D eigenvalue weighted by Gasteiger charge is 2.32. The molecule has 0 bridgehead atoms. The molecule has 3 N–H and O–H groups in total. The van der Waals surface area contributed by atoms with Crippen molar-refractivity contribution in [2.24, 2.45) is 11.1 Å². The molecule has 21 heavy (non-hydrogen) atoms. The minimum absolute atomic E-state index is 0. The van der Waals surface area contributed by atoms with E-state index in [1.807, 2.05) is 25.7 Å². The van der Waals surface area contributed by atoms with E-state index in [-0.39, 0.29) is 36.6 Å². The van der Waals surface area contributed by atoms with Crippen LogP contribution in [0.1, 0.15) is 20.8 Å². The molecule has 1 heterocycles. The van der Waals surface area contributed by atoms with E-state index in [2.05, 4.69) is 10.2 Å². The lowest BCUT2D eigenvalue weighted by molar-refractivity contribution is -0.141. The molecule has 0 unspecified atom stereocenters. The van der Waals surface area contributed by atoms with Crippen molar-refractivity contribution in [2.45, 2.75) is 20.8 Å².